The maximum Gasteiger partial charge on any atom is 0.164 e. The highest BCUT2D eigenvalue weighted by Gasteiger charge is 2.19. The highest BCUT2D eigenvalue weighted by Crippen LogP contribution is 2.43. The number of benzene rings is 8. The monoisotopic (exact) mass is 651 g/mol. The first-order chi connectivity index (χ1) is 25.3. The van der Waals surface area contributed by atoms with Gasteiger partial charge in [0.05, 0.1) is 0 Å². The molecule has 51 heavy (non-hydrogen) atoms. The lowest BCUT2D eigenvalue weighted by atomic mass is 9.92. The molecular formula is C47H29N3O. The first-order valence-electron chi connectivity index (χ1n) is 17.1. The molecule has 0 aliphatic heterocycles. The Balaban J connectivity index is 1.17. The van der Waals surface area contributed by atoms with Crippen molar-refractivity contribution in [1.82, 2.24) is 15.0 Å². The molecule has 238 valence electrons. The Morgan fingerprint density at radius 1 is 0.314 bits per heavy atom. The SMILES string of the molecule is c1ccc(-c2ccc(-c3nc(-c4ccccc4)nc(-c4ccccc4-c4ccc5c6ccccc6c6oc7ccccc7c6c5c4)n3)cc2)cc1. The van der Waals surface area contributed by atoms with E-state index in [4.69, 9.17) is 19.4 Å². The summed E-state index contributed by atoms with van der Waals surface area (Å²) in [4.78, 5) is 15.2. The van der Waals surface area contributed by atoms with Crippen LogP contribution in [0.5, 0.6) is 0 Å². The van der Waals surface area contributed by atoms with Gasteiger partial charge in [-0.2, -0.15) is 0 Å². The predicted octanol–water partition coefficient (Wildman–Crippen LogP) is 12.4. The van der Waals surface area contributed by atoms with Crippen LogP contribution in [0.1, 0.15) is 0 Å². The van der Waals surface area contributed by atoms with Gasteiger partial charge in [0, 0.05) is 32.8 Å². The zero-order valence-electron chi connectivity index (χ0n) is 27.5. The minimum atomic E-state index is 0.624. The van der Waals surface area contributed by atoms with Crippen molar-refractivity contribution in [3.05, 3.63) is 176 Å². The zero-order chi connectivity index (χ0) is 33.7. The highest BCUT2D eigenvalue weighted by molar-refractivity contribution is 6.30. The summed E-state index contributed by atoms with van der Waals surface area (Å²) in [6.07, 6.45) is 0. The molecule has 0 spiro atoms. The Bertz CT molecular complexity index is 2900. The van der Waals surface area contributed by atoms with Crippen LogP contribution >= 0.6 is 0 Å². The summed E-state index contributed by atoms with van der Waals surface area (Å²) in [5.41, 5.74) is 9.05. The predicted molar refractivity (Wildman–Crippen MR) is 209 cm³/mol. The van der Waals surface area contributed by atoms with E-state index in [1.54, 1.807) is 0 Å². The Hall–Kier alpha value is -6.91. The summed E-state index contributed by atoms with van der Waals surface area (Å²) < 4.78 is 6.53. The molecule has 0 aliphatic rings. The van der Waals surface area contributed by atoms with Crippen LogP contribution in [0.2, 0.25) is 0 Å². The molecule has 10 rings (SSSR count). The average molecular weight is 652 g/mol. The van der Waals surface area contributed by atoms with Gasteiger partial charge in [-0.25, -0.2) is 15.0 Å². The highest BCUT2D eigenvalue weighted by atomic mass is 16.3. The van der Waals surface area contributed by atoms with Gasteiger partial charge in [0.25, 0.3) is 0 Å². The van der Waals surface area contributed by atoms with Gasteiger partial charge in [-0.15, -0.1) is 0 Å². The molecule has 0 saturated carbocycles. The minimum absolute atomic E-state index is 0.624. The van der Waals surface area contributed by atoms with Crippen LogP contribution in [0.25, 0.3) is 99.9 Å². The van der Waals surface area contributed by atoms with Crippen molar-refractivity contribution >= 4 is 43.5 Å². The maximum atomic E-state index is 6.53. The molecule has 8 aromatic carbocycles. The number of furan rings is 1. The van der Waals surface area contributed by atoms with E-state index in [1.807, 2.05) is 48.5 Å². The van der Waals surface area contributed by atoms with Crippen LogP contribution in [0.3, 0.4) is 0 Å². The van der Waals surface area contributed by atoms with Crippen LogP contribution in [-0.4, -0.2) is 15.0 Å². The quantitative estimate of drug-likeness (QED) is 0.174. The second-order valence-corrected chi connectivity index (χ2v) is 12.8. The molecule has 0 radical (unpaired) electrons. The topological polar surface area (TPSA) is 51.8 Å². The average Bonchev–Trinajstić information content (AvgIpc) is 3.62. The van der Waals surface area contributed by atoms with Crippen molar-refractivity contribution in [2.75, 3.05) is 0 Å². The summed E-state index contributed by atoms with van der Waals surface area (Å²) in [5, 5.41) is 6.88. The molecule has 0 unspecified atom stereocenters. The van der Waals surface area contributed by atoms with Crippen LogP contribution < -0.4 is 0 Å². The smallest absolute Gasteiger partial charge is 0.164 e. The van der Waals surface area contributed by atoms with Crippen molar-refractivity contribution in [3.8, 4) is 56.4 Å². The number of hydrogen-bond acceptors (Lipinski definition) is 4. The van der Waals surface area contributed by atoms with Crippen molar-refractivity contribution in [3.63, 3.8) is 0 Å². The summed E-state index contributed by atoms with van der Waals surface area (Å²) >= 11 is 0. The molecule has 2 heterocycles. The molecule has 0 fully saturated rings. The first-order valence-corrected chi connectivity index (χ1v) is 17.1. The second kappa shape index (κ2) is 11.9. The number of fused-ring (bicyclic) bond motifs is 8. The van der Waals surface area contributed by atoms with Gasteiger partial charge >= 0.3 is 0 Å². The number of para-hydroxylation sites is 1. The summed E-state index contributed by atoms with van der Waals surface area (Å²) in [6.45, 7) is 0. The number of hydrogen-bond donors (Lipinski definition) is 0. The minimum Gasteiger partial charge on any atom is -0.455 e. The second-order valence-electron chi connectivity index (χ2n) is 12.8. The van der Waals surface area contributed by atoms with Gasteiger partial charge in [0.1, 0.15) is 11.2 Å². The van der Waals surface area contributed by atoms with Crippen molar-refractivity contribution in [2.24, 2.45) is 0 Å². The van der Waals surface area contributed by atoms with E-state index < -0.39 is 0 Å². The lowest BCUT2D eigenvalue weighted by Gasteiger charge is -2.14. The van der Waals surface area contributed by atoms with E-state index in [1.165, 1.54) is 16.3 Å². The fraction of sp³-hybridized carbons (Fsp3) is 0. The molecule has 10 aromatic rings. The molecule has 0 atom stereocenters. The molecule has 4 nitrogen and oxygen atoms in total. The van der Waals surface area contributed by atoms with Crippen LogP contribution in [0.4, 0.5) is 0 Å². The van der Waals surface area contributed by atoms with Gasteiger partial charge in [-0.05, 0) is 50.5 Å². The Morgan fingerprint density at radius 3 is 1.55 bits per heavy atom. The molecule has 0 amide bonds. The van der Waals surface area contributed by atoms with E-state index >= 15 is 0 Å². The largest absolute Gasteiger partial charge is 0.455 e. The summed E-state index contributed by atoms with van der Waals surface area (Å²) in [6, 6.07) is 60.9. The Labute approximate surface area is 294 Å². The van der Waals surface area contributed by atoms with Gasteiger partial charge in [0.2, 0.25) is 0 Å². The fourth-order valence-electron chi connectivity index (χ4n) is 7.29. The third kappa shape index (κ3) is 4.96. The number of rotatable bonds is 5. The van der Waals surface area contributed by atoms with Crippen LogP contribution in [0, 0.1) is 0 Å². The Kier molecular flexibility index (Phi) is 6.78. The third-order valence-corrected chi connectivity index (χ3v) is 9.74. The molecule has 0 bridgehead atoms. The summed E-state index contributed by atoms with van der Waals surface area (Å²) in [7, 11) is 0. The van der Waals surface area contributed by atoms with Gasteiger partial charge in [0.15, 0.2) is 17.5 Å². The summed E-state index contributed by atoms with van der Waals surface area (Å²) in [5.74, 6) is 1.89. The molecule has 2 aromatic heterocycles. The first kappa shape index (κ1) is 29.0. The van der Waals surface area contributed by atoms with E-state index in [0.717, 1.165) is 66.1 Å². The van der Waals surface area contributed by atoms with E-state index in [0.29, 0.717) is 17.5 Å². The zero-order valence-corrected chi connectivity index (χ0v) is 27.5. The molecule has 4 heteroatoms. The van der Waals surface area contributed by atoms with Crippen LogP contribution in [-0.2, 0) is 0 Å². The van der Waals surface area contributed by atoms with Crippen molar-refractivity contribution in [1.29, 1.82) is 0 Å². The van der Waals surface area contributed by atoms with Crippen molar-refractivity contribution in [2.45, 2.75) is 0 Å². The molecule has 0 N–H and O–H groups in total. The van der Waals surface area contributed by atoms with E-state index in [9.17, 15) is 0 Å². The Morgan fingerprint density at radius 2 is 0.804 bits per heavy atom. The van der Waals surface area contributed by atoms with Crippen molar-refractivity contribution < 1.29 is 4.42 Å². The normalized spacial score (nSPS) is 11.5. The fourth-order valence-corrected chi connectivity index (χ4v) is 7.29. The molecule has 0 saturated heterocycles. The van der Waals surface area contributed by atoms with E-state index in [-0.39, 0.29) is 0 Å². The van der Waals surface area contributed by atoms with Crippen LogP contribution in [0.15, 0.2) is 180 Å². The third-order valence-electron chi connectivity index (χ3n) is 9.74. The molecular weight excluding hydrogens is 623 g/mol. The van der Waals surface area contributed by atoms with E-state index in [2.05, 4.69) is 127 Å². The van der Waals surface area contributed by atoms with Gasteiger partial charge < -0.3 is 4.42 Å². The molecule has 0 aliphatic carbocycles. The lowest BCUT2D eigenvalue weighted by molar-refractivity contribution is 0.673. The van der Waals surface area contributed by atoms with Gasteiger partial charge in [-0.3, -0.25) is 0 Å². The number of nitrogens with zero attached hydrogens (tertiary/aromatic N) is 3. The maximum absolute atomic E-state index is 6.53. The van der Waals surface area contributed by atoms with Gasteiger partial charge in [-0.1, -0.05) is 164 Å². The standard InChI is InChI=1S/C47H29N3O/c1-3-13-30(14-4-1)31-23-25-33(26-24-31)46-48-45(32-15-5-2-6-16-32)49-47(50-46)39-20-10-7-17-35(39)34-27-28-37-36-18-8-9-19-38(36)44-43(41(37)29-34)40-21-11-12-22-42(40)51-44/h1-29H. The number of aromatic nitrogens is 3. The lowest BCUT2D eigenvalue weighted by Crippen LogP contribution is -2.01.